The lowest BCUT2D eigenvalue weighted by atomic mass is 9.77. The van der Waals surface area contributed by atoms with Gasteiger partial charge in [-0.1, -0.05) is 32.6 Å². The second-order valence-electron chi connectivity index (χ2n) is 6.23. The van der Waals surface area contributed by atoms with E-state index in [1.165, 1.54) is 38.5 Å². The third kappa shape index (κ3) is 2.85. The van der Waals surface area contributed by atoms with Crippen molar-refractivity contribution in [1.82, 2.24) is 0 Å². The summed E-state index contributed by atoms with van der Waals surface area (Å²) < 4.78 is 5.87. The summed E-state index contributed by atoms with van der Waals surface area (Å²) in [4.78, 5) is 0. The first-order chi connectivity index (χ1) is 8.11. The molecule has 1 saturated carbocycles. The number of rotatable bonds is 2. The molecule has 2 nitrogen and oxygen atoms in total. The molecule has 5 atom stereocenters. The summed E-state index contributed by atoms with van der Waals surface area (Å²) in [6.07, 6.45) is 8.10. The van der Waals surface area contributed by atoms with Crippen molar-refractivity contribution in [3.63, 3.8) is 0 Å². The Balaban J connectivity index is 2.00. The highest BCUT2D eigenvalue weighted by Crippen LogP contribution is 2.39. The molecule has 100 valence electrons. The minimum absolute atomic E-state index is 0.150. The van der Waals surface area contributed by atoms with Crippen molar-refractivity contribution in [2.24, 2.45) is 17.8 Å². The van der Waals surface area contributed by atoms with Gasteiger partial charge in [0, 0.05) is 5.92 Å². The van der Waals surface area contributed by atoms with Crippen molar-refractivity contribution in [1.29, 1.82) is 0 Å². The first-order valence-electron chi connectivity index (χ1n) is 7.44. The van der Waals surface area contributed by atoms with Gasteiger partial charge in [-0.05, 0) is 38.5 Å². The molecule has 0 aromatic rings. The second-order valence-corrected chi connectivity index (χ2v) is 6.23. The lowest BCUT2D eigenvalue weighted by Gasteiger charge is -2.30. The fourth-order valence-electron chi connectivity index (χ4n) is 3.85. The average molecular weight is 240 g/mol. The van der Waals surface area contributed by atoms with E-state index < -0.39 is 0 Å². The van der Waals surface area contributed by atoms with Gasteiger partial charge in [0.2, 0.25) is 0 Å². The Kier molecular flexibility index (Phi) is 4.48. The lowest BCUT2D eigenvalue weighted by molar-refractivity contribution is -0.00475. The van der Waals surface area contributed by atoms with Crippen molar-refractivity contribution >= 4 is 0 Å². The number of aliphatic hydroxyl groups is 1. The highest BCUT2D eigenvalue weighted by atomic mass is 16.5. The second kappa shape index (κ2) is 5.71. The van der Waals surface area contributed by atoms with E-state index in [0.29, 0.717) is 23.9 Å². The van der Waals surface area contributed by atoms with E-state index in [4.69, 9.17) is 4.74 Å². The number of aliphatic hydroxyl groups excluding tert-OH is 1. The quantitative estimate of drug-likeness (QED) is 0.750. The van der Waals surface area contributed by atoms with Gasteiger partial charge in [-0.3, -0.25) is 0 Å². The van der Waals surface area contributed by atoms with Crippen LogP contribution in [0.3, 0.4) is 0 Å². The molecule has 1 N–H and O–H groups in total. The Labute approximate surface area is 106 Å². The zero-order valence-electron chi connectivity index (χ0n) is 11.6. The summed E-state index contributed by atoms with van der Waals surface area (Å²) in [5.41, 5.74) is 0. The van der Waals surface area contributed by atoms with Crippen molar-refractivity contribution < 1.29 is 9.84 Å². The molecule has 1 saturated heterocycles. The maximum absolute atomic E-state index is 10.7. The van der Waals surface area contributed by atoms with Gasteiger partial charge in [-0.15, -0.1) is 0 Å². The summed E-state index contributed by atoms with van der Waals surface area (Å²) in [6, 6.07) is 0. The van der Waals surface area contributed by atoms with Crippen molar-refractivity contribution in [2.75, 3.05) is 0 Å². The molecule has 0 amide bonds. The molecule has 2 rings (SSSR count). The molecule has 1 heterocycles. The Morgan fingerprint density at radius 3 is 2.00 bits per heavy atom. The number of ether oxygens (including phenoxy) is 1. The smallest absolute Gasteiger partial charge is 0.0624 e. The van der Waals surface area contributed by atoms with Crippen LogP contribution in [0.2, 0.25) is 0 Å². The summed E-state index contributed by atoms with van der Waals surface area (Å²) in [7, 11) is 0. The van der Waals surface area contributed by atoms with E-state index in [-0.39, 0.29) is 12.2 Å². The minimum atomic E-state index is -0.150. The van der Waals surface area contributed by atoms with Crippen LogP contribution in [0, 0.1) is 17.8 Å². The van der Waals surface area contributed by atoms with Gasteiger partial charge in [0.15, 0.2) is 0 Å². The molecule has 0 radical (unpaired) electrons. The molecule has 2 heteroatoms. The third-order valence-corrected chi connectivity index (χ3v) is 5.10. The lowest BCUT2D eigenvalue weighted by Crippen LogP contribution is -2.36. The fourth-order valence-corrected chi connectivity index (χ4v) is 3.85. The van der Waals surface area contributed by atoms with Crippen LogP contribution in [0.1, 0.15) is 59.3 Å². The van der Waals surface area contributed by atoms with Gasteiger partial charge in [0.1, 0.15) is 0 Å². The Morgan fingerprint density at radius 2 is 1.53 bits per heavy atom. The topological polar surface area (TPSA) is 29.5 Å². The highest BCUT2D eigenvalue weighted by molar-refractivity contribution is 4.91. The van der Waals surface area contributed by atoms with Crippen molar-refractivity contribution in [3.05, 3.63) is 0 Å². The summed E-state index contributed by atoms with van der Waals surface area (Å²) in [5, 5.41) is 10.7. The van der Waals surface area contributed by atoms with Crippen molar-refractivity contribution in [2.45, 2.75) is 77.6 Å². The molecule has 0 spiro atoms. The number of hydrogen-bond acceptors (Lipinski definition) is 2. The molecule has 2 aliphatic rings. The highest BCUT2D eigenvalue weighted by Gasteiger charge is 2.43. The van der Waals surface area contributed by atoms with E-state index in [1.54, 1.807) is 0 Å². The van der Waals surface area contributed by atoms with Crippen molar-refractivity contribution in [3.8, 4) is 0 Å². The van der Waals surface area contributed by atoms with Crippen LogP contribution < -0.4 is 0 Å². The largest absolute Gasteiger partial charge is 0.392 e. The van der Waals surface area contributed by atoms with Crippen LogP contribution in [0.4, 0.5) is 0 Å². The normalized spacial score (nSPS) is 42.4. The predicted molar refractivity (Wildman–Crippen MR) is 69.9 cm³/mol. The van der Waals surface area contributed by atoms with Crippen LogP contribution in [-0.2, 0) is 4.74 Å². The van der Waals surface area contributed by atoms with Gasteiger partial charge in [-0.2, -0.15) is 0 Å². The van der Waals surface area contributed by atoms with Gasteiger partial charge in [-0.25, -0.2) is 0 Å². The Bertz CT molecular complexity index is 233. The average Bonchev–Trinajstić information content (AvgIpc) is 2.52. The van der Waals surface area contributed by atoms with Crippen LogP contribution in [0.15, 0.2) is 0 Å². The maximum Gasteiger partial charge on any atom is 0.0624 e. The van der Waals surface area contributed by atoms with E-state index in [1.807, 2.05) is 0 Å². The van der Waals surface area contributed by atoms with E-state index in [9.17, 15) is 5.11 Å². The third-order valence-electron chi connectivity index (χ3n) is 5.10. The fraction of sp³-hybridized carbons (Fsp3) is 1.00. The molecular formula is C15H28O2. The Morgan fingerprint density at radius 1 is 0.941 bits per heavy atom. The van der Waals surface area contributed by atoms with Crippen LogP contribution in [0.25, 0.3) is 0 Å². The zero-order valence-corrected chi connectivity index (χ0v) is 11.6. The molecule has 1 aliphatic heterocycles. The minimum Gasteiger partial charge on any atom is -0.392 e. The van der Waals surface area contributed by atoms with Gasteiger partial charge < -0.3 is 9.84 Å². The predicted octanol–water partition coefficient (Wildman–Crippen LogP) is 3.38. The zero-order chi connectivity index (χ0) is 12.4. The van der Waals surface area contributed by atoms with E-state index in [2.05, 4.69) is 20.8 Å². The summed E-state index contributed by atoms with van der Waals surface area (Å²) in [6.45, 7) is 6.50. The molecular weight excluding hydrogens is 212 g/mol. The molecule has 5 unspecified atom stereocenters. The van der Waals surface area contributed by atoms with Crippen LogP contribution in [0.5, 0.6) is 0 Å². The molecule has 0 bridgehead atoms. The monoisotopic (exact) mass is 240 g/mol. The first kappa shape index (κ1) is 13.4. The standard InChI is InChI=1S/C15H28O2/c1-10-11(2)17-12(3)14(10)15(16)13-8-6-4-5-7-9-13/h10-16H,4-9H2,1-3H3. The SMILES string of the molecule is CC1OC(C)C(C(O)C2CCCCCC2)C1C. The number of hydrogen-bond donors (Lipinski definition) is 1. The van der Waals surface area contributed by atoms with Gasteiger partial charge >= 0.3 is 0 Å². The Hall–Kier alpha value is -0.0800. The first-order valence-corrected chi connectivity index (χ1v) is 7.44. The maximum atomic E-state index is 10.7. The van der Waals surface area contributed by atoms with Gasteiger partial charge in [0.05, 0.1) is 18.3 Å². The van der Waals surface area contributed by atoms with E-state index in [0.717, 1.165) is 0 Å². The summed E-state index contributed by atoms with van der Waals surface area (Å²) in [5.74, 6) is 1.35. The van der Waals surface area contributed by atoms with Gasteiger partial charge in [0.25, 0.3) is 0 Å². The van der Waals surface area contributed by atoms with E-state index >= 15 is 0 Å². The van der Waals surface area contributed by atoms with Crippen LogP contribution in [-0.4, -0.2) is 23.4 Å². The molecule has 0 aromatic heterocycles. The summed E-state index contributed by atoms with van der Waals surface area (Å²) >= 11 is 0. The molecule has 2 fully saturated rings. The van der Waals surface area contributed by atoms with Crippen LogP contribution >= 0.6 is 0 Å². The molecule has 0 aromatic carbocycles. The molecule has 1 aliphatic carbocycles. The molecule has 17 heavy (non-hydrogen) atoms.